The number of ether oxygens (including phenoxy) is 1. The van der Waals surface area contributed by atoms with E-state index in [2.05, 4.69) is 16.8 Å². The summed E-state index contributed by atoms with van der Waals surface area (Å²) in [7, 11) is -1.03. The zero-order chi connectivity index (χ0) is 23.4. The van der Waals surface area contributed by atoms with Gasteiger partial charge in [-0.3, -0.25) is 4.21 Å². The third kappa shape index (κ3) is 5.52. The molecule has 4 rings (SSSR count). The van der Waals surface area contributed by atoms with E-state index in [1.807, 2.05) is 48.5 Å². The number of nitrogens with zero attached hydrogens (tertiary/aromatic N) is 2. The molecule has 1 aliphatic heterocycles. The van der Waals surface area contributed by atoms with Gasteiger partial charge in [0.25, 0.3) is 0 Å². The van der Waals surface area contributed by atoms with E-state index in [4.69, 9.17) is 4.74 Å². The van der Waals surface area contributed by atoms with E-state index in [1.54, 1.807) is 23.9 Å². The first-order valence-corrected chi connectivity index (χ1v) is 12.2. The van der Waals surface area contributed by atoms with E-state index in [-0.39, 0.29) is 12.4 Å². The molecule has 7 nitrogen and oxygen atoms in total. The molecule has 1 aliphatic rings. The lowest BCUT2D eigenvalue weighted by Crippen LogP contribution is -2.29. The fourth-order valence-electron chi connectivity index (χ4n) is 3.70. The van der Waals surface area contributed by atoms with Crippen molar-refractivity contribution in [2.24, 2.45) is 0 Å². The van der Waals surface area contributed by atoms with Crippen molar-refractivity contribution < 1.29 is 24.3 Å². The maximum absolute atomic E-state index is 11.6. The quantitative estimate of drug-likeness (QED) is 0.481. The highest BCUT2D eigenvalue weighted by Gasteiger charge is 2.32. The van der Waals surface area contributed by atoms with E-state index < -0.39 is 35.2 Å². The Labute approximate surface area is 195 Å². The Morgan fingerprint density at radius 2 is 1.82 bits per heavy atom. The second-order valence-electron chi connectivity index (χ2n) is 7.93. The lowest BCUT2D eigenvalue weighted by Gasteiger charge is -2.16. The molecule has 1 saturated heterocycles. The van der Waals surface area contributed by atoms with Gasteiger partial charge in [-0.15, -0.1) is 0 Å². The summed E-state index contributed by atoms with van der Waals surface area (Å²) >= 11 is 0. The number of benzene rings is 2. The average Bonchev–Trinajstić information content (AvgIpc) is 3.42. The Morgan fingerprint density at radius 1 is 1.15 bits per heavy atom. The Hall–Kier alpha value is -2.96. The van der Waals surface area contributed by atoms with Gasteiger partial charge >= 0.3 is 0 Å². The molecule has 8 heteroatoms. The van der Waals surface area contributed by atoms with E-state index in [1.165, 1.54) is 0 Å². The van der Waals surface area contributed by atoms with Gasteiger partial charge in [-0.25, -0.2) is 4.98 Å². The molecule has 2 heterocycles. The number of imidazole rings is 1. The van der Waals surface area contributed by atoms with Gasteiger partial charge in [0.2, 0.25) is 0 Å². The zero-order valence-electron chi connectivity index (χ0n) is 18.2. The summed E-state index contributed by atoms with van der Waals surface area (Å²) in [5.74, 6) is 7.83. The first kappa shape index (κ1) is 23.2. The van der Waals surface area contributed by atoms with Crippen LogP contribution in [0, 0.1) is 11.8 Å². The molecule has 0 saturated carbocycles. The van der Waals surface area contributed by atoms with Crippen LogP contribution >= 0.6 is 0 Å². The van der Waals surface area contributed by atoms with Gasteiger partial charge in [-0.05, 0) is 42.3 Å². The molecule has 3 aromatic rings. The standard InChI is InChI=1S/C25H26N2O5S/c1-17(29)25-26-12-13-27(25)21(14-28)9-4-18-2-5-19(6-3-18)20-7-10-22(11-8-20)32-24-16-33(31)15-23(24)30/h2-3,5-8,10-13,17,21,23-24,28-30H,14-16H2,1H3/t17-,21?,23+,24?,33?/m0/s1. The van der Waals surface area contributed by atoms with E-state index in [0.29, 0.717) is 17.3 Å². The van der Waals surface area contributed by atoms with Gasteiger partial charge in [-0.2, -0.15) is 0 Å². The predicted octanol–water partition coefficient (Wildman–Crippen LogP) is 2.06. The summed E-state index contributed by atoms with van der Waals surface area (Å²) in [6.07, 6.45) is 1.39. The van der Waals surface area contributed by atoms with Crippen molar-refractivity contribution in [2.75, 3.05) is 18.1 Å². The molecule has 0 spiro atoms. The monoisotopic (exact) mass is 466 g/mol. The molecule has 3 unspecified atom stereocenters. The summed E-state index contributed by atoms with van der Waals surface area (Å²) in [6.45, 7) is 1.43. The minimum atomic E-state index is -1.03. The molecule has 3 N–H and O–H groups in total. The minimum absolute atomic E-state index is 0.191. The smallest absolute Gasteiger partial charge is 0.138 e. The third-order valence-corrected chi connectivity index (χ3v) is 6.87. The van der Waals surface area contributed by atoms with Gasteiger partial charge < -0.3 is 24.6 Å². The topological polar surface area (TPSA) is 105 Å². The van der Waals surface area contributed by atoms with Crippen LogP contribution in [0.25, 0.3) is 11.1 Å². The molecule has 33 heavy (non-hydrogen) atoms. The number of hydrogen-bond donors (Lipinski definition) is 3. The first-order chi connectivity index (χ1) is 15.9. The van der Waals surface area contributed by atoms with Crippen molar-refractivity contribution in [2.45, 2.75) is 31.3 Å². The van der Waals surface area contributed by atoms with Gasteiger partial charge in [-0.1, -0.05) is 36.1 Å². The average molecular weight is 467 g/mol. The summed E-state index contributed by atoms with van der Waals surface area (Å²) < 4.78 is 19.0. The molecule has 1 fully saturated rings. The summed E-state index contributed by atoms with van der Waals surface area (Å²) in [6, 6.07) is 14.8. The van der Waals surface area contributed by atoms with Crippen LogP contribution < -0.4 is 4.74 Å². The highest BCUT2D eigenvalue weighted by Crippen LogP contribution is 2.25. The van der Waals surface area contributed by atoms with Gasteiger partial charge in [0.05, 0.1) is 18.1 Å². The normalized spacial score (nSPS) is 21.8. The first-order valence-electron chi connectivity index (χ1n) is 10.7. The number of aromatic nitrogens is 2. The van der Waals surface area contributed by atoms with Crippen molar-refractivity contribution in [1.29, 1.82) is 0 Å². The molecule has 0 amide bonds. The van der Waals surface area contributed by atoms with Crippen molar-refractivity contribution in [3.05, 3.63) is 72.3 Å². The van der Waals surface area contributed by atoms with Crippen LogP contribution in [0.15, 0.2) is 60.9 Å². The summed E-state index contributed by atoms with van der Waals surface area (Å²) in [5.41, 5.74) is 2.82. The molecule has 1 aromatic heterocycles. The van der Waals surface area contributed by atoms with Crippen LogP contribution in [0.3, 0.4) is 0 Å². The van der Waals surface area contributed by atoms with Crippen LogP contribution in [-0.2, 0) is 10.8 Å². The van der Waals surface area contributed by atoms with Gasteiger partial charge in [0, 0.05) is 28.8 Å². The molecule has 2 aromatic carbocycles. The maximum Gasteiger partial charge on any atom is 0.138 e. The predicted molar refractivity (Wildman–Crippen MR) is 126 cm³/mol. The van der Waals surface area contributed by atoms with Crippen molar-refractivity contribution in [1.82, 2.24) is 9.55 Å². The SMILES string of the molecule is C[C@H](O)c1nccn1C(C#Cc1ccc(-c2ccc(OC3CS(=O)C[C@H]3O)cc2)cc1)CO. The van der Waals surface area contributed by atoms with Gasteiger partial charge in [0.15, 0.2) is 0 Å². The fourth-order valence-corrected chi connectivity index (χ4v) is 5.09. The molecule has 172 valence electrons. The number of aliphatic hydroxyl groups excluding tert-OH is 3. The summed E-state index contributed by atoms with van der Waals surface area (Å²) in [5, 5.41) is 29.5. The molecule has 0 radical (unpaired) electrons. The number of hydrogen-bond acceptors (Lipinski definition) is 6. The van der Waals surface area contributed by atoms with E-state index in [0.717, 1.165) is 16.7 Å². The zero-order valence-corrected chi connectivity index (χ0v) is 19.0. The van der Waals surface area contributed by atoms with Crippen LogP contribution in [0.5, 0.6) is 5.75 Å². The molecular weight excluding hydrogens is 440 g/mol. The largest absolute Gasteiger partial charge is 0.487 e. The minimum Gasteiger partial charge on any atom is -0.487 e. The Kier molecular flexibility index (Phi) is 7.26. The third-order valence-electron chi connectivity index (χ3n) is 5.46. The molecule has 0 bridgehead atoms. The summed E-state index contributed by atoms with van der Waals surface area (Å²) in [4.78, 5) is 4.13. The van der Waals surface area contributed by atoms with Crippen LogP contribution in [0.2, 0.25) is 0 Å². The van der Waals surface area contributed by atoms with Crippen LogP contribution in [0.4, 0.5) is 0 Å². The molecular formula is C25H26N2O5S. The number of aliphatic hydroxyl groups is 3. The van der Waals surface area contributed by atoms with Crippen molar-refractivity contribution in [3.63, 3.8) is 0 Å². The van der Waals surface area contributed by atoms with Gasteiger partial charge in [0.1, 0.15) is 35.9 Å². The highest BCUT2D eigenvalue weighted by atomic mass is 32.2. The van der Waals surface area contributed by atoms with Crippen molar-refractivity contribution in [3.8, 4) is 28.7 Å². The van der Waals surface area contributed by atoms with Crippen LogP contribution in [-0.4, -0.2) is 59.4 Å². The van der Waals surface area contributed by atoms with Crippen LogP contribution in [0.1, 0.15) is 30.5 Å². The van der Waals surface area contributed by atoms with E-state index >= 15 is 0 Å². The van der Waals surface area contributed by atoms with Crippen molar-refractivity contribution >= 4 is 10.8 Å². The number of rotatable bonds is 6. The maximum atomic E-state index is 11.6. The molecule has 5 atom stereocenters. The Morgan fingerprint density at radius 3 is 2.39 bits per heavy atom. The second kappa shape index (κ2) is 10.3. The Balaban J connectivity index is 1.43. The van der Waals surface area contributed by atoms with E-state index in [9.17, 15) is 19.5 Å². The molecule has 0 aliphatic carbocycles. The lowest BCUT2D eigenvalue weighted by atomic mass is 10.0. The Bertz CT molecular complexity index is 1160. The fraction of sp³-hybridized carbons (Fsp3) is 0.320. The second-order valence-corrected chi connectivity index (χ2v) is 9.48. The highest BCUT2D eigenvalue weighted by molar-refractivity contribution is 7.85. The lowest BCUT2D eigenvalue weighted by molar-refractivity contribution is 0.0738.